The van der Waals surface area contributed by atoms with Gasteiger partial charge in [-0.3, -0.25) is 10.2 Å². The number of carbonyl (C=O) groups excluding carboxylic acids is 1. The highest BCUT2D eigenvalue weighted by Crippen LogP contribution is 1.74. The van der Waals surface area contributed by atoms with Crippen molar-refractivity contribution in [2.24, 2.45) is 5.84 Å². The Morgan fingerprint density at radius 2 is 2.20 bits per heavy atom. The largest absolute Gasteiger partial charge is 0.291 e. The molecule has 3 N–H and O–H groups in total. The highest BCUT2D eigenvalue weighted by atomic mass is 31.0. The lowest BCUT2D eigenvalue weighted by Gasteiger charge is -1.80. The molecule has 4 heteroatoms. The van der Waals surface area contributed by atoms with Crippen LogP contribution in [0.1, 0.15) is 0 Å². The van der Waals surface area contributed by atoms with Crippen LogP contribution in [0.4, 0.5) is 4.79 Å². The summed E-state index contributed by atoms with van der Waals surface area (Å²) in [7, 11) is 1.86. The van der Waals surface area contributed by atoms with Gasteiger partial charge in [0.05, 0.1) is 0 Å². The number of nitrogens with two attached hydrogens (primary N) is 1. The Hall–Kier alpha value is -0.140. The number of nitrogens with one attached hydrogen (secondary N) is 1. The second-order valence-corrected chi connectivity index (χ2v) is 1.03. The molecule has 0 bridgehead atoms. The van der Waals surface area contributed by atoms with Crippen molar-refractivity contribution in [3.05, 3.63) is 0 Å². The fraction of sp³-hybridized carbons (Fsp3) is 0. The van der Waals surface area contributed by atoms with Crippen molar-refractivity contribution in [1.82, 2.24) is 5.43 Å². The van der Waals surface area contributed by atoms with Crippen LogP contribution < -0.4 is 11.3 Å². The maximum atomic E-state index is 9.54. The average molecular weight is 92.0 g/mol. The fourth-order valence-electron chi connectivity index (χ4n) is 0. The van der Waals surface area contributed by atoms with Crippen LogP contribution in [0.5, 0.6) is 0 Å². The zero-order chi connectivity index (χ0) is 4.28. The van der Waals surface area contributed by atoms with E-state index in [9.17, 15) is 4.79 Å². The van der Waals surface area contributed by atoms with Crippen molar-refractivity contribution in [2.75, 3.05) is 0 Å². The third kappa shape index (κ3) is 3.86. The van der Waals surface area contributed by atoms with Gasteiger partial charge in [0.1, 0.15) is 0 Å². The van der Waals surface area contributed by atoms with Gasteiger partial charge in [0.15, 0.2) is 0 Å². The summed E-state index contributed by atoms with van der Waals surface area (Å²) in [6, 6.07) is 0. The van der Waals surface area contributed by atoms with Crippen molar-refractivity contribution in [3.63, 3.8) is 0 Å². The molecule has 0 aliphatic rings. The number of amides is 1. The first-order valence-electron chi connectivity index (χ1n) is 1.03. The Morgan fingerprint density at radius 1 is 2.00 bits per heavy atom. The molecule has 30 valence electrons. The van der Waals surface area contributed by atoms with Crippen molar-refractivity contribution in [2.45, 2.75) is 0 Å². The summed E-state index contributed by atoms with van der Waals surface area (Å²) in [6.07, 6.45) is 0. The lowest BCUT2D eigenvalue weighted by atomic mass is 11.4. The van der Waals surface area contributed by atoms with Gasteiger partial charge < -0.3 is 0 Å². The first-order chi connectivity index (χ1) is 2.27. The maximum absolute atomic E-state index is 9.54. The highest BCUT2D eigenvalue weighted by Gasteiger charge is 1.73. The molecule has 0 aromatic carbocycles. The van der Waals surface area contributed by atoms with Crippen molar-refractivity contribution in [1.29, 1.82) is 0 Å². The van der Waals surface area contributed by atoms with E-state index >= 15 is 0 Å². The molecule has 1 unspecified atom stereocenters. The number of hydrogen-bond donors (Lipinski definition) is 2. The van der Waals surface area contributed by atoms with Gasteiger partial charge in [0, 0.05) is 0 Å². The molecule has 1 atom stereocenters. The molecule has 0 rings (SSSR count). The number of carbonyl (C=O) groups is 1. The minimum Gasteiger partial charge on any atom is -0.291 e. The molecule has 0 spiro atoms. The van der Waals surface area contributed by atoms with Crippen molar-refractivity contribution < 1.29 is 4.79 Å². The Balaban J connectivity index is 2.85. The van der Waals surface area contributed by atoms with E-state index in [0.29, 0.717) is 0 Å². The molecule has 0 aromatic heterocycles. The van der Waals surface area contributed by atoms with E-state index in [1.165, 1.54) is 0 Å². The standard InChI is InChI=1S/CH5N2OP/c2-3-1(4)5/h2,5H2,(H,3,4). The van der Waals surface area contributed by atoms with E-state index in [4.69, 9.17) is 0 Å². The maximum Gasteiger partial charge on any atom is 0.248 e. The minimum absolute atomic E-state index is 0.301. The highest BCUT2D eigenvalue weighted by molar-refractivity contribution is 7.39. The summed E-state index contributed by atoms with van der Waals surface area (Å²) >= 11 is 0. The van der Waals surface area contributed by atoms with Crippen LogP contribution in [0, 0.1) is 0 Å². The van der Waals surface area contributed by atoms with E-state index in [-0.39, 0.29) is 5.65 Å². The summed E-state index contributed by atoms with van der Waals surface area (Å²) in [5, 5.41) is 0. The Bertz CT molecular complexity index is 44.9. The molecule has 0 saturated heterocycles. The lowest BCUT2D eigenvalue weighted by Crippen LogP contribution is -2.23. The molecule has 0 saturated carbocycles. The predicted molar refractivity (Wildman–Crippen MR) is 22.4 cm³/mol. The molecular weight excluding hydrogens is 87.0 g/mol. The van der Waals surface area contributed by atoms with E-state index in [1.54, 1.807) is 0 Å². The molecule has 0 aromatic rings. The fourth-order valence-corrected chi connectivity index (χ4v) is 0. The van der Waals surface area contributed by atoms with Gasteiger partial charge in [-0.05, 0) is 9.24 Å². The zero-order valence-electron chi connectivity index (χ0n) is 2.56. The van der Waals surface area contributed by atoms with Crippen LogP contribution in [-0.4, -0.2) is 5.65 Å². The van der Waals surface area contributed by atoms with Crippen LogP contribution in [-0.2, 0) is 0 Å². The van der Waals surface area contributed by atoms with Crippen LogP contribution in [0.3, 0.4) is 0 Å². The molecule has 1 amide bonds. The van der Waals surface area contributed by atoms with Crippen LogP contribution in [0.25, 0.3) is 0 Å². The Labute approximate surface area is 32.1 Å². The second kappa shape index (κ2) is 2.12. The van der Waals surface area contributed by atoms with Crippen molar-refractivity contribution >= 4 is 14.9 Å². The zero-order valence-corrected chi connectivity index (χ0v) is 3.72. The smallest absolute Gasteiger partial charge is 0.248 e. The summed E-state index contributed by atoms with van der Waals surface area (Å²) in [5.74, 6) is 4.55. The average Bonchev–Trinajstić information content (AvgIpc) is 1.38. The van der Waals surface area contributed by atoms with Crippen LogP contribution in [0.2, 0.25) is 0 Å². The van der Waals surface area contributed by atoms with E-state index in [1.807, 2.05) is 14.7 Å². The second-order valence-electron chi connectivity index (χ2n) is 0.509. The Morgan fingerprint density at radius 3 is 2.20 bits per heavy atom. The molecule has 0 fully saturated rings. The molecular formula is CH5N2OP. The summed E-state index contributed by atoms with van der Waals surface area (Å²) in [5.41, 5.74) is 1.55. The quantitative estimate of drug-likeness (QED) is 0.182. The summed E-state index contributed by atoms with van der Waals surface area (Å²) in [6.45, 7) is 0. The monoisotopic (exact) mass is 92.0 g/mol. The van der Waals surface area contributed by atoms with Crippen molar-refractivity contribution in [3.8, 4) is 0 Å². The van der Waals surface area contributed by atoms with Gasteiger partial charge in [-0.1, -0.05) is 0 Å². The van der Waals surface area contributed by atoms with Crippen LogP contribution in [0.15, 0.2) is 0 Å². The van der Waals surface area contributed by atoms with Gasteiger partial charge in [-0.25, -0.2) is 5.84 Å². The van der Waals surface area contributed by atoms with Gasteiger partial charge in [0.25, 0.3) is 0 Å². The predicted octanol–water partition coefficient (Wildman–Crippen LogP) is -0.555. The van der Waals surface area contributed by atoms with Crippen LogP contribution >= 0.6 is 9.24 Å². The molecule has 0 radical (unpaired) electrons. The van der Waals surface area contributed by atoms with E-state index in [2.05, 4.69) is 5.84 Å². The lowest BCUT2D eigenvalue weighted by molar-refractivity contribution is 0.261. The summed E-state index contributed by atoms with van der Waals surface area (Å²) in [4.78, 5) is 9.54. The van der Waals surface area contributed by atoms with Gasteiger partial charge in [-0.2, -0.15) is 0 Å². The van der Waals surface area contributed by atoms with Gasteiger partial charge in [-0.15, -0.1) is 0 Å². The SMILES string of the molecule is NNC(=O)P. The molecule has 3 nitrogen and oxygen atoms in total. The number of rotatable bonds is 0. The third-order valence-electron chi connectivity index (χ3n) is 0.142. The van der Waals surface area contributed by atoms with Gasteiger partial charge in [0.2, 0.25) is 5.65 Å². The molecule has 0 heterocycles. The first kappa shape index (κ1) is 4.86. The molecule has 0 aliphatic carbocycles. The Kier molecular flexibility index (Phi) is 2.06. The summed E-state index contributed by atoms with van der Waals surface area (Å²) < 4.78 is 0. The van der Waals surface area contributed by atoms with E-state index < -0.39 is 0 Å². The molecule has 0 aliphatic heterocycles. The number of hydrogen-bond acceptors (Lipinski definition) is 2. The van der Waals surface area contributed by atoms with Gasteiger partial charge >= 0.3 is 0 Å². The molecule has 5 heavy (non-hydrogen) atoms. The first-order valence-corrected chi connectivity index (χ1v) is 1.61. The van der Waals surface area contributed by atoms with E-state index in [0.717, 1.165) is 0 Å². The number of hydrazine groups is 1. The minimum atomic E-state index is -0.301. The normalized spacial score (nSPS) is 6.80. The topological polar surface area (TPSA) is 55.1 Å². The third-order valence-corrected chi connectivity index (χ3v) is 0.309.